The van der Waals surface area contributed by atoms with Crippen LogP contribution in [-0.2, 0) is 6.54 Å². The van der Waals surface area contributed by atoms with Crippen molar-refractivity contribution < 1.29 is 28.5 Å². The summed E-state index contributed by atoms with van der Waals surface area (Å²) in [6.07, 6.45) is 3.74. The Morgan fingerprint density at radius 1 is 1.03 bits per heavy atom. The molecule has 3 aromatic carbocycles. The van der Waals surface area contributed by atoms with Crippen LogP contribution in [0.1, 0.15) is 38.8 Å². The fourth-order valence-electron chi connectivity index (χ4n) is 4.34. The van der Waals surface area contributed by atoms with Crippen molar-refractivity contribution in [3.8, 4) is 23.0 Å². The van der Waals surface area contributed by atoms with Crippen LogP contribution in [-0.4, -0.2) is 30.5 Å². The number of Topliss-reactive ketones (excluding diaryl/α,β-unsaturated/α-hetero) is 1. The Balaban J connectivity index is 1.47. The molecule has 0 N–H and O–H groups in total. The van der Waals surface area contributed by atoms with E-state index in [1.165, 1.54) is 7.11 Å². The molecule has 1 aliphatic rings. The first-order chi connectivity index (χ1) is 17.4. The van der Waals surface area contributed by atoms with Crippen LogP contribution in [0.2, 0.25) is 0 Å². The SMILES string of the molecule is CCn1cc(/C=C2/Oc3c(ccc(OC(=O)c4cccc(OC)c4)c3C)C2=O)c2cc(OC)ccc21. The predicted molar refractivity (Wildman–Crippen MR) is 136 cm³/mol. The molecular weight excluding hydrogens is 458 g/mol. The maximum atomic E-state index is 13.2. The molecule has 0 spiro atoms. The van der Waals surface area contributed by atoms with Crippen molar-refractivity contribution in [2.45, 2.75) is 20.4 Å². The summed E-state index contributed by atoms with van der Waals surface area (Å²) in [6, 6.07) is 15.8. The number of ketones is 1. The van der Waals surface area contributed by atoms with Gasteiger partial charge in [0.05, 0.1) is 25.3 Å². The lowest BCUT2D eigenvalue weighted by molar-refractivity contribution is 0.0732. The lowest BCUT2D eigenvalue weighted by atomic mass is 10.1. The fraction of sp³-hybridized carbons (Fsp3) is 0.172. The van der Waals surface area contributed by atoms with E-state index in [4.69, 9.17) is 18.9 Å². The number of rotatable bonds is 6. The number of carbonyl (C=O) groups excluding carboxylic acids is 2. The summed E-state index contributed by atoms with van der Waals surface area (Å²) >= 11 is 0. The highest BCUT2D eigenvalue weighted by atomic mass is 16.5. The first-order valence-corrected chi connectivity index (χ1v) is 11.5. The molecule has 0 bridgehead atoms. The molecule has 7 nitrogen and oxygen atoms in total. The number of hydrogen-bond donors (Lipinski definition) is 0. The Morgan fingerprint density at radius 2 is 1.81 bits per heavy atom. The summed E-state index contributed by atoms with van der Waals surface area (Å²) in [5, 5.41) is 0.959. The number of aryl methyl sites for hydroxylation is 1. The third-order valence-electron chi connectivity index (χ3n) is 6.29. The van der Waals surface area contributed by atoms with Gasteiger partial charge in [0.2, 0.25) is 5.78 Å². The second-order valence-corrected chi connectivity index (χ2v) is 8.38. The molecule has 7 heteroatoms. The molecule has 0 unspecified atom stereocenters. The summed E-state index contributed by atoms with van der Waals surface area (Å²) in [5.41, 5.74) is 3.24. The zero-order chi connectivity index (χ0) is 25.4. The van der Waals surface area contributed by atoms with Gasteiger partial charge in [-0.2, -0.15) is 0 Å². The number of carbonyl (C=O) groups is 2. The molecule has 0 aliphatic carbocycles. The lowest BCUT2D eigenvalue weighted by Crippen LogP contribution is -2.09. The van der Waals surface area contributed by atoms with Crippen LogP contribution >= 0.6 is 0 Å². The molecule has 0 saturated carbocycles. The number of fused-ring (bicyclic) bond motifs is 2. The van der Waals surface area contributed by atoms with Crippen LogP contribution < -0.4 is 18.9 Å². The van der Waals surface area contributed by atoms with E-state index in [0.29, 0.717) is 33.9 Å². The van der Waals surface area contributed by atoms with Gasteiger partial charge >= 0.3 is 5.97 Å². The van der Waals surface area contributed by atoms with Gasteiger partial charge in [-0.3, -0.25) is 4.79 Å². The van der Waals surface area contributed by atoms with Crippen molar-refractivity contribution in [3.63, 3.8) is 0 Å². The van der Waals surface area contributed by atoms with Crippen LogP contribution in [0.15, 0.2) is 66.6 Å². The number of ether oxygens (including phenoxy) is 4. The highest BCUT2D eigenvalue weighted by molar-refractivity contribution is 6.15. The molecule has 0 saturated heterocycles. The zero-order valence-corrected chi connectivity index (χ0v) is 20.5. The number of esters is 1. The van der Waals surface area contributed by atoms with E-state index in [2.05, 4.69) is 11.5 Å². The minimum Gasteiger partial charge on any atom is -0.497 e. The van der Waals surface area contributed by atoms with Gasteiger partial charge in [0.15, 0.2) is 5.76 Å². The molecule has 5 rings (SSSR count). The van der Waals surface area contributed by atoms with Gasteiger partial charge in [-0.1, -0.05) is 6.07 Å². The second-order valence-electron chi connectivity index (χ2n) is 8.38. The van der Waals surface area contributed by atoms with Gasteiger partial charge in [0.1, 0.15) is 23.0 Å². The topological polar surface area (TPSA) is 76.0 Å². The molecule has 0 atom stereocenters. The minimum absolute atomic E-state index is 0.211. The third-order valence-corrected chi connectivity index (χ3v) is 6.29. The Labute approximate surface area is 208 Å². The van der Waals surface area contributed by atoms with Gasteiger partial charge in [-0.05, 0) is 68.5 Å². The van der Waals surface area contributed by atoms with Gasteiger partial charge in [-0.25, -0.2) is 4.79 Å². The number of benzene rings is 3. The van der Waals surface area contributed by atoms with Crippen molar-refractivity contribution in [3.05, 3.63) is 88.8 Å². The van der Waals surface area contributed by atoms with Crippen LogP contribution in [0.5, 0.6) is 23.0 Å². The molecule has 0 radical (unpaired) electrons. The number of aromatic nitrogens is 1. The normalized spacial score (nSPS) is 13.6. The fourth-order valence-corrected chi connectivity index (χ4v) is 4.34. The van der Waals surface area contributed by atoms with Gasteiger partial charge in [-0.15, -0.1) is 0 Å². The van der Waals surface area contributed by atoms with E-state index in [1.54, 1.807) is 56.5 Å². The van der Waals surface area contributed by atoms with Crippen molar-refractivity contribution in [1.29, 1.82) is 0 Å². The number of allylic oxidation sites excluding steroid dienone is 1. The molecule has 2 heterocycles. The molecule has 4 aromatic rings. The van der Waals surface area contributed by atoms with Crippen molar-refractivity contribution in [2.75, 3.05) is 14.2 Å². The molecule has 1 aromatic heterocycles. The maximum Gasteiger partial charge on any atom is 0.343 e. The molecule has 0 amide bonds. The summed E-state index contributed by atoms with van der Waals surface area (Å²) in [5.74, 6) is 1.46. The van der Waals surface area contributed by atoms with E-state index < -0.39 is 5.97 Å². The van der Waals surface area contributed by atoms with Crippen LogP contribution in [0.4, 0.5) is 0 Å². The average molecular weight is 484 g/mol. The largest absolute Gasteiger partial charge is 0.497 e. The Bertz CT molecular complexity index is 1550. The minimum atomic E-state index is -0.529. The average Bonchev–Trinajstić information content (AvgIpc) is 3.42. The van der Waals surface area contributed by atoms with E-state index in [-0.39, 0.29) is 11.5 Å². The van der Waals surface area contributed by atoms with Crippen LogP contribution in [0.3, 0.4) is 0 Å². The number of methoxy groups -OCH3 is 2. The standard InChI is InChI=1S/C29H25NO6/c1-5-30-16-19(23-15-21(34-4)9-11-24(23)30)14-26-27(31)22-10-12-25(17(2)28(22)35-26)36-29(32)18-7-6-8-20(13-18)33-3/h6-16H,5H2,1-4H3/b26-14+. The zero-order valence-electron chi connectivity index (χ0n) is 20.5. The Morgan fingerprint density at radius 3 is 2.56 bits per heavy atom. The van der Waals surface area contributed by atoms with Crippen LogP contribution in [0.25, 0.3) is 17.0 Å². The Hall–Kier alpha value is -4.52. The highest BCUT2D eigenvalue weighted by Gasteiger charge is 2.31. The molecule has 1 aliphatic heterocycles. The summed E-state index contributed by atoms with van der Waals surface area (Å²) in [4.78, 5) is 25.9. The monoisotopic (exact) mass is 483 g/mol. The summed E-state index contributed by atoms with van der Waals surface area (Å²) in [6.45, 7) is 4.60. The van der Waals surface area contributed by atoms with Gasteiger partial charge in [0, 0.05) is 34.8 Å². The van der Waals surface area contributed by atoms with E-state index >= 15 is 0 Å². The first-order valence-electron chi connectivity index (χ1n) is 11.5. The number of hydrogen-bond acceptors (Lipinski definition) is 6. The van der Waals surface area contributed by atoms with Crippen molar-refractivity contribution in [1.82, 2.24) is 4.57 Å². The molecular formula is C29H25NO6. The van der Waals surface area contributed by atoms with Crippen molar-refractivity contribution in [2.24, 2.45) is 0 Å². The smallest absolute Gasteiger partial charge is 0.343 e. The summed E-state index contributed by atoms with van der Waals surface area (Å²) < 4.78 is 24.3. The van der Waals surface area contributed by atoms with Crippen LogP contribution in [0, 0.1) is 6.92 Å². The first kappa shape index (κ1) is 23.2. The van der Waals surface area contributed by atoms with E-state index in [0.717, 1.165) is 28.8 Å². The van der Waals surface area contributed by atoms with E-state index in [9.17, 15) is 9.59 Å². The highest BCUT2D eigenvalue weighted by Crippen LogP contribution is 2.40. The van der Waals surface area contributed by atoms with Crippen molar-refractivity contribution >= 4 is 28.7 Å². The second kappa shape index (κ2) is 9.26. The molecule has 36 heavy (non-hydrogen) atoms. The third kappa shape index (κ3) is 3.98. The molecule has 0 fully saturated rings. The summed E-state index contributed by atoms with van der Waals surface area (Å²) in [7, 11) is 3.16. The Kier molecular flexibility index (Phi) is 5.98. The number of nitrogens with zero attached hydrogens (tertiary/aromatic N) is 1. The lowest BCUT2D eigenvalue weighted by Gasteiger charge is -2.10. The van der Waals surface area contributed by atoms with E-state index in [1.807, 2.05) is 24.4 Å². The predicted octanol–water partition coefficient (Wildman–Crippen LogP) is 5.82. The van der Waals surface area contributed by atoms with Gasteiger partial charge in [0.25, 0.3) is 0 Å². The quantitative estimate of drug-likeness (QED) is 0.195. The maximum absolute atomic E-state index is 13.2. The molecule has 182 valence electrons. The van der Waals surface area contributed by atoms with Gasteiger partial charge < -0.3 is 23.5 Å².